The smallest absolute Gasteiger partial charge is 0.326 e. The summed E-state index contributed by atoms with van der Waals surface area (Å²) in [7, 11) is 0. The van der Waals surface area contributed by atoms with Crippen molar-refractivity contribution in [3.05, 3.63) is 0 Å². The average Bonchev–Trinajstić information content (AvgIpc) is 2.02. The molecule has 0 unspecified atom stereocenters. The Hall–Kier alpha value is -0.890. The molecule has 0 radical (unpaired) electrons. The van der Waals surface area contributed by atoms with Gasteiger partial charge in [-0.15, -0.1) is 23.5 Å². The van der Waals surface area contributed by atoms with Gasteiger partial charge in [0.25, 0.3) is 0 Å². The highest BCUT2D eigenvalue weighted by Crippen LogP contribution is 2.23. The Bertz CT molecular complexity index is 222. The number of thioether (sulfide) groups is 2. The number of aliphatic carboxylic acids is 3. The zero-order chi connectivity index (χ0) is 11.1. The van der Waals surface area contributed by atoms with Crippen molar-refractivity contribution in [1.82, 2.24) is 0 Å². The third kappa shape index (κ3) is 6.61. The standard InChI is InChI=1S/C6H8O6S2/c7-3(8)1-13-6(5(11)12)14-2-4(9)10/h6H,1-2H2,(H,7,8)(H,9,10)(H,11,12). The number of carbonyl (C=O) groups is 3. The first-order valence-electron chi connectivity index (χ1n) is 3.33. The quantitative estimate of drug-likeness (QED) is 0.534. The van der Waals surface area contributed by atoms with E-state index in [4.69, 9.17) is 15.3 Å². The van der Waals surface area contributed by atoms with Crippen LogP contribution in [0.1, 0.15) is 0 Å². The van der Waals surface area contributed by atoms with Crippen LogP contribution in [-0.2, 0) is 14.4 Å². The van der Waals surface area contributed by atoms with Gasteiger partial charge in [-0.25, -0.2) is 0 Å². The van der Waals surface area contributed by atoms with Gasteiger partial charge in [0.1, 0.15) is 4.58 Å². The van der Waals surface area contributed by atoms with E-state index in [9.17, 15) is 14.4 Å². The molecule has 80 valence electrons. The van der Waals surface area contributed by atoms with Crippen LogP contribution in [0.5, 0.6) is 0 Å². The summed E-state index contributed by atoms with van der Waals surface area (Å²) in [4.78, 5) is 30.7. The van der Waals surface area contributed by atoms with Crippen molar-refractivity contribution in [2.75, 3.05) is 11.5 Å². The summed E-state index contributed by atoms with van der Waals surface area (Å²) in [5.41, 5.74) is 0. The first kappa shape index (κ1) is 13.1. The van der Waals surface area contributed by atoms with Crippen LogP contribution in [0.15, 0.2) is 0 Å². The number of carboxylic acid groups (broad SMARTS) is 3. The van der Waals surface area contributed by atoms with E-state index in [2.05, 4.69) is 0 Å². The highest BCUT2D eigenvalue weighted by atomic mass is 32.2. The van der Waals surface area contributed by atoms with Gasteiger partial charge in [0.2, 0.25) is 0 Å². The van der Waals surface area contributed by atoms with Crippen LogP contribution < -0.4 is 0 Å². The van der Waals surface area contributed by atoms with Gasteiger partial charge >= 0.3 is 17.9 Å². The summed E-state index contributed by atoms with van der Waals surface area (Å²) in [6.45, 7) is 0. The van der Waals surface area contributed by atoms with Gasteiger partial charge in [-0.2, -0.15) is 0 Å². The zero-order valence-electron chi connectivity index (χ0n) is 6.87. The number of carboxylic acids is 3. The van der Waals surface area contributed by atoms with E-state index in [0.717, 1.165) is 0 Å². The maximum atomic E-state index is 10.5. The molecule has 0 spiro atoms. The van der Waals surface area contributed by atoms with Crippen molar-refractivity contribution < 1.29 is 29.7 Å². The van der Waals surface area contributed by atoms with E-state index in [1.54, 1.807) is 0 Å². The molecule has 0 rings (SSSR count). The second-order valence-corrected chi connectivity index (χ2v) is 4.56. The zero-order valence-corrected chi connectivity index (χ0v) is 8.51. The van der Waals surface area contributed by atoms with Crippen molar-refractivity contribution in [2.45, 2.75) is 4.58 Å². The largest absolute Gasteiger partial charge is 0.481 e. The van der Waals surface area contributed by atoms with Crippen LogP contribution in [0.4, 0.5) is 0 Å². The third-order valence-corrected chi connectivity index (χ3v) is 3.57. The van der Waals surface area contributed by atoms with Crippen molar-refractivity contribution in [2.24, 2.45) is 0 Å². The van der Waals surface area contributed by atoms with E-state index in [1.165, 1.54) is 0 Å². The molecule has 0 aliphatic carbocycles. The van der Waals surface area contributed by atoms with Crippen LogP contribution in [0.25, 0.3) is 0 Å². The minimum atomic E-state index is -1.22. The molecule has 0 aliphatic heterocycles. The number of hydrogen-bond donors (Lipinski definition) is 3. The molecule has 14 heavy (non-hydrogen) atoms. The summed E-state index contributed by atoms with van der Waals surface area (Å²) in [5.74, 6) is -4.19. The predicted molar refractivity (Wildman–Crippen MR) is 51.6 cm³/mol. The maximum absolute atomic E-state index is 10.5. The van der Waals surface area contributed by atoms with Crippen molar-refractivity contribution in [1.29, 1.82) is 0 Å². The Labute approximate surface area is 87.7 Å². The monoisotopic (exact) mass is 240 g/mol. The molecule has 0 saturated carbocycles. The van der Waals surface area contributed by atoms with Gasteiger partial charge in [-0.05, 0) is 0 Å². The minimum absolute atomic E-state index is 0.358. The summed E-state index contributed by atoms with van der Waals surface area (Å²) < 4.78 is -1.05. The molecular weight excluding hydrogens is 232 g/mol. The van der Waals surface area contributed by atoms with Crippen molar-refractivity contribution in [3.63, 3.8) is 0 Å². The Balaban J connectivity index is 3.96. The van der Waals surface area contributed by atoms with Crippen LogP contribution in [-0.4, -0.2) is 49.3 Å². The lowest BCUT2D eigenvalue weighted by molar-refractivity contribution is -0.134. The molecule has 0 amide bonds. The lowest BCUT2D eigenvalue weighted by Gasteiger charge is -2.07. The molecule has 0 heterocycles. The van der Waals surface area contributed by atoms with E-state index >= 15 is 0 Å². The Morgan fingerprint density at radius 1 is 0.929 bits per heavy atom. The van der Waals surface area contributed by atoms with Gasteiger partial charge in [0.15, 0.2) is 0 Å². The second kappa shape index (κ2) is 6.55. The topological polar surface area (TPSA) is 112 Å². The third-order valence-electron chi connectivity index (χ3n) is 0.918. The summed E-state index contributed by atoms with van der Waals surface area (Å²) in [5, 5.41) is 25.1. The van der Waals surface area contributed by atoms with Crippen LogP contribution >= 0.6 is 23.5 Å². The lowest BCUT2D eigenvalue weighted by atomic mass is 10.8. The SMILES string of the molecule is O=C(O)CSC(SCC(=O)O)C(=O)O. The molecule has 0 bridgehead atoms. The summed E-state index contributed by atoms with van der Waals surface area (Å²) >= 11 is 1.36. The molecule has 6 nitrogen and oxygen atoms in total. The maximum Gasteiger partial charge on any atom is 0.326 e. The Morgan fingerprint density at radius 3 is 1.50 bits per heavy atom. The van der Waals surface area contributed by atoms with Gasteiger partial charge < -0.3 is 15.3 Å². The second-order valence-electron chi connectivity index (χ2n) is 2.08. The lowest BCUT2D eigenvalue weighted by Crippen LogP contribution is -2.17. The molecule has 0 fully saturated rings. The van der Waals surface area contributed by atoms with E-state index in [0.29, 0.717) is 23.5 Å². The highest BCUT2D eigenvalue weighted by Gasteiger charge is 2.20. The molecule has 0 saturated heterocycles. The number of rotatable bonds is 7. The first-order valence-corrected chi connectivity index (χ1v) is 5.43. The minimum Gasteiger partial charge on any atom is -0.481 e. The molecule has 3 N–H and O–H groups in total. The molecule has 0 atom stereocenters. The van der Waals surface area contributed by atoms with Gasteiger partial charge in [0.05, 0.1) is 11.5 Å². The fraction of sp³-hybridized carbons (Fsp3) is 0.500. The molecule has 0 aromatic rings. The van der Waals surface area contributed by atoms with Gasteiger partial charge in [-0.1, -0.05) is 0 Å². The molecule has 0 aliphatic rings. The average molecular weight is 240 g/mol. The first-order chi connectivity index (χ1) is 6.43. The molecule has 0 aromatic carbocycles. The Morgan fingerprint density at radius 2 is 1.29 bits per heavy atom. The summed E-state index contributed by atoms with van der Waals surface area (Å²) in [6, 6.07) is 0. The van der Waals surface area contributed by atoms with Crippen LogP contribution in [0, 0.1) is 0 Å². The fourth-order valence-electron chi connectivity index (χ4n) is 0.485. The molecule has 8 heteroatoms. The van der Waals surface area contributed by atoms with Gasteiger partial charge in [-0.3, -0.25) is 14.4 Å². The van der Waals surface area contributed by atoms with E-state index in [-0.39, 0.29) is 11.5 Å². The Kier molecular flexibility index (Phi) is 6.13. The number of hydrogen-bond acceptors (Lipinski definition) is 5. The highest BCUT2D eigenvalue weighted by molar-refractivity contribution is 8.18. The van der Waals surface area contributed by atoms with Crippen LogP contribution in [0.2, 0.25) is 0 Å². The summed E-state index contributed by atoms with van der Waals surface area (Å²) in [6.07, 6.45) is 0. The normalized spacial score (nSPS) is 10.1. The van der Waals surface area contributed by atoms with E-state index in [1.807, 2.05) is 0 Å². The molecular formula is C6H8O6S2. The van der Waals surface area contributed by atoms with Crippen molar-refractivity contribution in [3.8, 4) is 0 Å². The van der Waals surface area contributed by atoms with Crippen molar-refractivity contribution >= 4 is 41.4 Å². The van der Waals surface area contributed by atoms with Crippen LogP contribution in [0.3, 0.4) is 0 Å². The predicted octanol–water partition coefficient (Wildman–Crippen LogP) is 0.0327. The molecule has 0 aromatic heterocycles. The van der Waals surface area contributed by atoms with E-state index < -0.39 is 22.5 Å². The van der Waals surface area contributed by atoms with Gasteiger partial charge in [0, 0.05) is 0 Å². The fourth-order valence-corrected chi connectivity index (χ4v) is 2.15.